The number of nitrogens with one attached hydrogen (secondary N) is 3. The van der Waals surface area contributed by atoms with Crippen molar-refractivity contribution in [2.75, 3.05) is 26.4 Å². The van der Waals surface area contributed by atoms with Gasteiger partial charge in [0.05, 0.1) is 32.5 Å². The molecule has 4 aliphatic heterocycles. The molecule has 27 nitrogen and oxygen atoms in total. The maximum Gasteiger partial charge on any atom is 0.397 e. The van der Waals surface area contributed by atoms with Crippen LogP contribution in [0.25, 0.3) is 0 Å². The molecular formula is C30H52N4O23S. The van der Waals surface area contributed by atoms with Gasteiger partial charge in [-0.2, -0.15) is 8.42 Å². The Labute approximate surface area is 330 Å². The number of carbonyl (C=O) groups is 3. The number of rotatable bonds is 15. The predicted octanol–water partition coefficient (Wildman–Crippen LogP) is -9.52. The Morgan fingerprint density at radius 1 is 0.569 bits per heavy atom. The molecule has 336 valence electrons. The summed E-state index contributed by atoms with van der Waals surface area (Å²) in [5, 5.41) is 103. The maximum absolute atomic E-state index is 12.4. The first kappa shape index (κ1) is 48.3. The van der Waals surface area contributed by atoms with Crippen LogP contribution in [0.2, 0.25) is 0 Å². The van der Waals surface area contributed by atoms with Crippen LogP contribution in [0.4, 0.5) is 0 Å². The Kier molecular flexibility index (Phi) is 17.0. The van der Waals surface area contributed by atoms with E-state index in [1.807, 2.05) is 0 Å². The van der Waals surface area contributed by atoms with Crippen molar-refractivity contribution in [2.45, 2.75) is 143 Å². The second-order valence-electron chi connectivity index (χ2n) is 14.0. The van der Waals surface area contributed by atoms with Crippen molar-refractivity contribution in [2.24, 2.45) is 5.73 Å². The Morgan fingerprint density at radius 2 is 0.948 bits per heavy atom. The highest BCUT2D eigenvalue weighted by molar-refractivity contribution is 7.80. The molecule has 0 bridgehead atoms. The molecule has 4 rings (SSSR count). The van der Waals surface area contributed by atoms with E-state index in [2.05, 4.69) is 20.1 Å². The lowest BCUT2D eigenvalue weighted by Gasteiger charge is -2.50. The van der Waals surface area contributed by atoms with Crippen LogP contribution in [0, 0.1) is 0 Å². The molecule has 0 aromatic rings. The van der Waals surface area contributed by atoms with Crippen molar-refractivity contribution in [1.82, 2.24) is 16.0 Å². The summed E-state index contributed by atoms with van der Waals surface area (Å²) in [6.45, 7) is -0.659. The SMILES string of the molecule is CC(=O)NC1C(O)[C@H](O[C@@H]2OC(CO)[C@@H](O)[C@H](O)C2N)[C@H](CO)O[C@H]1O[C@@H]1C(CO)O[C@@H](O[C@H]2C(O)C(NC(C)=O)[C@H](O)O[C@H]2COS(=O)(=O)O)C(NC(C)=O)[C@H]1O. The van der Waals surface area contributed by atoms with E-state index in [0.717, 1.165) is 20.8 Å². The first-order valence-electron chi connectivity index (χ1n) is 17.8. The molecule has 4 aliphatic rings. The summed E-state index contributed by atoms with van der Waals surface area (Å²) >= 11 is 0. The predicted molar refractivity (Wildman–Crippen MR) is 181 cm³/mol. The third-order valence-electron chi connectivity index (χ3n) is 9.69. The van der Waals surface area contributed by atoms with E-state index in [9.17, 15) is 68.8 Å². The van der Waals surface area contributed by atoms with Gasteiger partial charge in [0, 0.05) is 20.8 Å². The first-order valence-corrected chi connectivity index (χ1v) is 19.2. The molecule has 3 amide bonds. The fraction of sp³-hybridized carbons (Fsp3) is 0.900. The van der Waals surface area contributed by atoms with Crippen LogP contribution in [0.15, 0.2) is 0 Å². The molecule has 8 unspecified atom stereocenters. The average molecular weight is 869 g/mol. The van der Waals surface area contributed by atoms with Crippen molar-refractivity contribution in [3.63, 3.8) is 0 Å². The number of hydrogen-bond donors (Lipinski definition) is 14. The molecule has 28 heteroatoms. The molecule has 4 heterocycles. The van der Waals surface area contributed by atoms with Crippen LogP contribution < -0.4 is 21.7 Å². The Balaban J connectivity index is 1.62. The molecule has 0 spiro atoms. The van der Waals surface area contributed by atoms with E-state index < -0.39 is 177 Å². The van der Waals surface area contributed by atoms with Crippen LogP contribution in [0.3, 0.4) is 0 Å². The molecule has 20 atom stereocenters. The fourth-order valence-corrected chi connectivity index (χ4v) is 7.26. The van der Waals surface area contributed by atoms with Gasteiger partial charge in [-0.25, -0.2) is 4.18 Å². The molecule has 0 saturated carbocycles. The highest BCUT2D eigenvalue weighted by Gasteiger charge is 2.56. The zero-order valence-electron chi connectivity index (χ0n) is 31.1. The molecule has 0 radical (unpaired) electrons. The van der Waals surface area contributed by atoms with E-state index in [0.29, 0.717) is 0 Å². The highest BCUT2D eigenvalue weighted by atomic mass is 32.3. The minimum absolute atomic E-state index is 0.757. The van der Waals surface area contributed by atoms with Crippen molar-refractivity contribution in [3.8, 4) is 0 Å². The second-order valence-corrected chi connectivity index (χ2v) is 15.1. The molecule has 0 aromatic carbocycles. The average Bonchev–Trinajstić information content (AvgIpc) is 3.14. The molecule has 15 N–H and O–H groups in total. The number of ether oxygens (including phenoxy) is 7. The largest absolute Gasteiger partial charge is 0.397 e. The van der Waals surface area contributed by atoms with Gasteiger partial charge in [0.15, 0.2) is 25.2 Å². The lowest BCUT2D eigenvalue weighted by Crippen LogP contribution is -2.71. The number of carbonyl (C=O) groups excluding carboxylic acids is 3. The van der Waals surface area contributed by atoms with Gasteiger partial charge < -0.3 is 101 Å². The normalized spacial score (nSPS) is 43.6. The molecular weight excluding hydrogens is 816 g/mol. The third kappa shape index (κ3) is 11.5. The van der Waals surface area contributed by atoms with E-state index in [1.54, 1.807) is 0 Å². The summed E-state index contributed by atoms with van der Waals surface area (Å²) in [5.41, 5.74) is 5.97. The summed E-state index contributed by atoms with van der Waals surface area (Å²) in [6, 6.07) is -6.41. The quantitative estimate of drug-likeness (QED) is 0.0680. The number of nitrogens with two attached hydrogens (primary N) is 1. The van der Waals surface area contributed by atoms with Gasteiger partial charge in [0.2, 0.25) is 17.7 Å². The third-order valence-corrected chi connectivity index (χ3v) is 10.1. The lowest BCUT2D eigenvalue weighted by atomic mass is 9.93. The molecule has 58 heavy (non-hydrogen) atoms. The van der Waals surface area contributed by atoms with Gasteiger partial charge in [-0.05, 0) is 0 Å². The summed E-state index contributed by atoms with van der Waals surface area (Å²) in [7, 11) is -5.13. The summed E-state index contributed by atoms with van der Waals surface area (Å²) in [4.78, 5) is 36.6. The summed E-state index contributed by atoms with van der Waals surface area (Å²) in [6.07, 6.45) is -28.0. The van der Waals surface area contributed by atoms with E-state index >= 15 is 0 Å². The minimum atomic E-state index is -5.13. The fourth-order valence-electron chi connectivity index (χ4n) is 6.95. The van der Waals surface area contributed by atoms with Crippen LogP contribution >= 0.6 is 0 Å². The Bertz CT molecular complexity index is 1500. The van der Waals surface area contributed by atoms with Gasteiger partial charge in [-0.15, -0.1) is 0 Å². The zero-order valence-corrected chi connectivity index (χ0v) is 32.0. The van der Waals surface area contributed by atoms with Crippen LogP contribution in [-0.2, 0) is 62.1 Å². The molecule has 4 fully saturated rings. The van der Waals surface area contributed by atoms with Crippen LogP contribution in [0.1, 0.15) is 20.8 Å². The molecule has 0 aromatic heterocycles. The number of aliphatic hydroxyl groups excluding tert-OH is 9. The maximum atomic E-state index is 12.4. The van der Waals surface area contributed by atoms with E-state index in [1.165, 1.54) is 0 Å². The standard InChI is InChI=1S/C30H52N4O23S/c1-8(38)32-16-21(43)26(14(51-27(16)46)7-50-58(47,48)49)57-30-18(34-10(3)40)23(45)25(13(6-37)54-30)56-29-17(33-9(2)39)22(44)24(12(5-36)53-29)55-28-15(31)20(42)19(41)11(4-35)52-28/h11-30,35-37,41-46H,4-7,31H2,1-3H3,(H,32,38)(H,33,39)(H,34,40)(H,47,48,49)/t11?,12-,13?,14-,15?,16?,17?,18?,19+,20+,21?,22?,23+,24+,25+,26+,27+,28-,29-,30-/m0/s1. The highest BCUT2D eigenvalue weighted by Crippen LogP contribution is 2.34. The second kappa shape index (κ2) is 20.4. The van der Waals surface area contributed by atoms with Crippen molar-refractivity contribution >= 4 is 28.1 Å². The van der Waals surface area contributed by atoms with Crippen molar-refractivity contribution in [3.05, 3.63) is 0 Å². The van der Waals surface area contributed by atoms with Crippen LogP contribution in [-0.4, -0.2) is 226 Å². The van der Waals surface area contributed by atoms with Gasteiger partial charge >= 0.3 is 10.4 Å². The van der Waals surface area contributed by atoms with Crippen molar-refractivity contribution in [1.29, 1.82) is 0 Å². The van der Waals surface area contributed by atoms with Gasteiger partial charge in [0.25, 0.3) is 0 Å². The first-order chi connectivity index (χ1) is 27.1. The summed E-state index contributed by atoms with van der Waals surface area (Å²) < 4.78 is 76.4. The van der Waals surface area contributed by atoms with Gasteiger partial charge in [0.1, 0.15) is 91.4 Å². The van der Waals surface area contributed by atoms with Crippen molar-refractivity contribution < 1.29 is 111 Å². The molecule has 4 saturated heterocycles. The van der Waals surface area contributed by atoms with Gasteiger partial charge in [-0.1, -0.05) is 0 Å². The zero-order chi connectivity index (χ0) is 43.4. The van der Waals surface area contributed by atoms with Gasteiger partial charge in [-0.3, -0.25) is 18.9 Å². The Hall–Kier alpha value is -2.40. The monoisotopic (exact) mass is 868 g/mol. The van der Waals surface area contributed by atoms with E-state index in [4.69, 9.17) is 43.4 Å². The van der Waals surface area contributed by atoms with E-state index in [-0.39, 0.29) is 0 Å². The minimum Gasteiger partial charge on any atom is -0.394 e. The number of aliphatic hydroxyl groups is 9. The number of amides is 3. The molecule has 0 aliphatic carbocycles. The smallest absolute Gasteiger partial charge is 0.394 e. The Morgan fingerprint density at radius 3 is 1.36 bits per heavy atom. The topological polar surface area (TPSA) is 424 Å². The number of hydrogen-bond acceptors (Lipinski definition) is 23. The lowest BCUT2D eigenvalue weighted by molar-refractivity contribution is -0.361. The summed E-state index contributed by atoms with van der Waals surface area (Å²) in [5.74, 6) is -2.34. The van der Waals surface area contributed by atoms with Crippen LogP contribution in [0.5, 0.6) is 0 Å².